The molecule has 1 amide bonds. The van der Waals surface area contributed by atoms with Gasteiger partial charge >= 0.3 is 12.1 Å². The van der Waals surface area contributed by atoms with E-state index >= 15 is 4.39 Å². The van der Waals surface area contributed by atoms with Crippen LogP contribution in [0.25, 0.3) is 10.2 Å². The number of para-hydroxylation sites is 1. The molecular formula is C46H61FN8O6S2Si. The monoisotopic (exact) mass is 932 g/mol. The van der Waals surface area contributed by atoms with Crippen LogP contribution in [-0.2, 0) is 27.4 Å². The lowest BCUT2D eigenvalue weighted by Crippen LogP contribution is -2.38. The molecule has 0 saturated carbocycles. The van der Waals surface area contributed by atoms with Crippen molar-refractivity contribution in [3.8, 4) is 17.6 Å². The third-order valence-corrected chi connectivity index (χ3v) is 13.5. The molecule has 2 aromatic carbocycles. The number of fused-ring (bicyclic) bond motifs is 1. The van der Waals surface area contributed by atoms with Gasteiger partial charge in [0.25, 0.3) is 0 Å². The maximum Gasteiger partial charge on any atom is 0.410 e. The highest BCUT2D eigenvalue weighted by Gasteiger charge is 2.23. The summed E-state index contributed by atoms with van der Waals surface area (Å²) in [5, 5.41) is 9.57. The van der Waals surface area contributed by atoms with Crippen LogP contribution in [0.15, 0.2) is 53.5 Å². The summed E-state index contributed by atoms with van der Waals surface area (Å²) in [6, 6.07) is 15.8. The number of thiazole rings is 2. The summed E-state index contributed by atoms with van der Waals surface area (Å²) in [5.41, 5.74) is 2.05. The molecule has 14 nitrogen and oxygen atoms in total. The number of hydrogen-bond donors (Lipinski definition) is 0. The molecule has 0 aliphatic heterocycles. The van der Waals surface area contributed by atoms with Crippen molar-refractivity contribution in [1.29, 1.82) is 0 Å². The topological polar surface area (TPSA) is 137 Å². The van der Waals surface area contributed by atoms with Gasteiger partial charge in [0.1, 0.15) is 12.3 Å². The molecular weight excluding hydrogens is 872 g/mol. The number of ether oxygens (including phenoxy) is 4. The molecule has 0 saturated heterocycles. The lowest BCUT2D eigenvalue weighted by Gasteiger charge is -2.25. The van der Waals surface area contributed by atoms with Crippen LogP contribution in [0.3, 0.4) is 0 Å². The van der Waals surface area contributed by atoms with Crippen LogP contribution in [0.5, 0.6) is 5.75 Å². The smallest absolute Gasteiger partial charge is 0.410 e. The summed E-state index contributed by atoms with van der Waals surface area (Å²) in [4.78, 5) is 41.6. The number of likely N-dealkylation sites (N-methyl/N-ethyl adjacent to an activating group) is 2. The van der Waals surface area contributed by atoms with Gasteiger partial charge in [0, 0.05) is 52.3 Å². The number of nitrogens with zero attached hydrogens (tertiary/aromatic N) is 8. The highest BCUT2D eigenvalue weighted by molar-refractivity contribution is 7.16. The SMILES string of the molecule is CCOC(=O)c1nc(N(C)c2cc(C)c(N=c3sc4ccccc4n3COCC[Si](C)(C)C)nn2)sc1CCCOc1ccc(C#CCN(C)CCN(C)C(=O)OC(C)(C)C)cc1F. The first-order valence-electron chi connectivity index (χ1n) is 21.3. The van der Waals surface area contributed by atoms with Crippen molar-refractivity contribution in [1.82, 2.24) is 29.5 Å². The van der Waals surface area contributed by atoms with E-state index in [2.05, 4.69) is 63.4 Å². The van der Waals surface area contributed by atoms with Crippen LogP contribution in [0.1, 0.15) is 60.6 Å². The number of benzene rings is 2. The summed E-state index contributed by atoms with van der Waals surface area (Å²) in [7, 11) is 4.18. The number of amides is 1. The van der Waals surface area contributed by atoms with Gasteiger partial charge < -0.3 is 28.7 Å². The van der Waals surface area contributed by atoms with Crippen molar-refractivity contribution in [2.75, 3.05) is 65.5 Å². The molecule has 0 radical (unpaired) electrons. The Hall–Kier alpha value is -5.19. The van der Waals surface area contributed by atoms with Gasteiger partial charge in [-0.1, -0.05) is 55.0 Å². The molecule has 0 bridgehead atoms. The van der Waals surface area contributed by atoms with E-state index in [0.29, 0.717) is 73.0 Å². The largest absolute Gasteiger partial charge is 0.491 e. The van der Waals surface area contributed by atoms with Gasteiger partial charge in [0.05, 0.1) is 30.0 Å². The Morgan fingerprint density at radius 3 is 2.47 bits per heavy atom. The zero-order valence-corrected chi connectivity index (χ0v) is 41.5. The number of aromatic nitrogens is 4. The van der Waals surface area contributed by atoms with E-state index in [1.807, 2.05) is 64.9 Å². The molecule has 0 aliphatic rings. The quantitative estimate of drug-likeness (QED) is 0.0340. The lowest BCUT2D eigenvalue weighted by atomic mass is 10.2. The average molecular weight is 933 g/mol. The van der Waals surface area contributed by atoms with Crippen LogP contribution in [0, 0.1) is 24.6 Å². The first kappa shape index (κ1) is 49.8. The van der Waals surface area contributed by atoms with Gasteiger partial charge in [0.15, 0.2) is 38.8 Å². The minimum atomic E-state index is -1.23. The second kappa shape index (κ2) is 22.6. The molecule has 0 atom stereocenters. The van der Waals surface area contributed by atoms with Crippen LogP contribution < -0.4 is 14.4 Å². The summed E-state index contributed by atoms with van der Waals surface area (Å²) >= 11 is 2.93. The number of carbonyl (C=O) groups excluding carboxylic acids is 2. The fourth-order valence-electron chi connectivity index (χ4n) is 5.92. The number of hydrogen-bond acceptors (Lipinski definition) is 14. The standard InChI is InChI=1S/C46H61FN8O6S2Si/c1-12-59-42(56)40-38(20-16-26-60-36-22-21-33(30-34(36)47)17-15-23-52(6)24-25-53(7)45(57)61-46(3,4)5)63-43(48-40)54(8)39-29-32(2)41(51-50-39)49-44-55(31-58-27-28-64(9,10)11)35-18-13-14-19-37(35)62-44/h13-14,18-19,21-22,29-30H,12,16,20,23-28,31H2,1-11H3. The second-order valence-electron chi connectivity index (χ2n) is 17.5. The van der Waals surface area contributed by atoms with E-state index in [1.165, 1.54) is 22.3 Å². The van der Waals surface area contributed by atoms with Gasteiger partial charge in [-0.15, -0.1) is 21.5 Å². The summed E-state index contributed by atoms with van der Waals surface area (Å²) in [6.07, 6.45) is 0.561. The van der Waals surface area contributed by atoms with Gasteiger partial charge in [-0.25, -0.2) is 19.0 Å². The van der Waals surface area contributed by atoms with Gasteiger partial charge in [-0.2, -0.15) is 4.99 Å². The van der Waals surface area contributed by atoms with Crippen molar-refractivity contribution in [3.05, 3.63) is 80.8 Å². The highest BCUT2D eigenvalue weighted by atomic mass is 32.1. The normalized spacial score (nSPS) is 12.0. The lowest BCUT2D eigenvalue weighted by molar-refractivity contribution is 0.0288. The Morgan fingerprint density at radius 2 is 1.77 bits per heavy atom. The Labute approximate surface area is 385 Å². The molecule has 0 spiro atoms. The van der Waals surface area contributed by atoms with Crippen molar-refractivity contribution in [2.45, 2.75) is 85.5 Å². The first-order chi connectivity index (χ1) is 30.3. The van der Waals surface area contributed by atoms with Crippen molar-refractivity contribution in [2.24, 2.45) is 4.99 Å². The molecule has 3 heterocycles. The van der Waals surface area contributed by atoms with E-state index in [1.54, 1.807) is 42.3 Å². The maximum atomic E-state index is 15.1. The van der Waals surface area contributed by atoms with Crippen LogP contribution in [0.2, 0.25) is 25.7 Å². The predicted molar refractivity (Wildman–Crippen MR) is 256 cm³/mol. The Kier molecular flexibility index (Phi) is 17.6. The Morgan fingerprint density at radius 1 is 1.00 bits per heavy atom. The first-order valence-corrected chi connectivity index (χ1v) is 26.7. The number of aryl methyl sites for hydroxylation is 2. The Bertz CT molecular complexity index is 2520. The van der Waals surface area contributed by atoms with Crippen molar-refractivity contribution >= 4 is 69.8 Å². The van der Waals surface area contributed by atoms with E-state index in [9.17, 15) is 9.59 Å². The molecule has 0 unspecified atom stereocenters. The summed E-state index contributed by atoms with van der Waals surface area (Å²) < 4.78 is 40.9. The van der Waals surface area contributed by atoms with E-state index in [0.717, 1.165) is 26.6 Å². The zero-order chi connectivity index (χ0) is 46.6. The van der Waals surface area contributed by atoms with Crippen molar-refractivity contribution in [3.63, 3.8) is 0 Å². The minimum Gasteiger partial charge on any atom is -0.491 e. The fourth-order valence-corrected chi connectivity index (χ4v) is 8.76. The minimum absolute atomic E-state index is 0.111. The third kappa shape index (κ3) is 14.7. The maximum absolute atomic E-state index is 15.1. The van der Waals surface area contributed by atoms with E-state index in [-0.39, 0.29) is 30.8 Å². The van der Waals surface area contributed by atoms with Gasteiger partial charge in [-0.05, 0) is 103 Å². The summed E-state index contributed by atoms with van der Waals surface area (Å²) in [5.74, 6) is 6.15. The third-order valence-electron chi connectivity index (χ3n) is 9.58. The number of halogens is 1. The molecule has 0 N–H and O–H groups in total. The number of anilines is 2. The molecule has 0 aliphatic carbocycles. The number of rotatable bonds is 19. The van der Waals surface area contributed by atoms with Crippen LogP contribution >= 0.6 is 22.7 Å². The average Bonchev–Trinajstić information content (AvgIpc) is 3.81. The van der Waals surface area contributed by atoms with Gasteiger partial charge in [-0.3, -0.25) is 9.47 Å². The molecule has 5 rings (SSSR count). The number of carbonyl (C=O) groups is 2. The molecule has 344 valence electrons. The second-order valence-corrected chi connectivity index (χ2v) is 25.2. The van der Waals surface area contributed by atoms with Crippen LogP contribution in [-0.4, -0.2) is 116 Å². The molecule has 0 fully saturated rings. The molecule has 64 heavy (non-hydrogen) atoms. The van der Waals surface area contributed by atoms with Gasteiger partial charge in [0.2, 0.25) is 0 Å². The highest BCUT2D eigenvalue weighted by Crippen LogP contribution is 2.32. The van der Waals surface area contributed by atoms with Crippen molar-refractivity contribution < 1.29 is 32.9 Å². The van der Waals surface area contributed by atoms with E-state index in [4.69, 9.17) is 23.9 Å². The van der Waals surface area contributed by atoms with Crippen LogP contribution in [0.4, 0.5) is 26.0 Å². The summed E-state index contributed by atoms with van der Waals surface area (Å²) in [6.45, 7) is 19.2. The number of esters is 1. The van der Waals surface area contributed by atoms with E-state index < -0.39 is 25.5 Å². The molecule has 18 heteroatoms. The zero-order valence-electron chi connectivity index (χ0n) is 38.9. The predicted octanol–water partition coefficient (Wildman–Crippen LogP) is 9.05. The molecule has 3 aromatic heterocycles. The molecule has 5 aromatic rings. The fraction of sp³-hybridized carbons (Fsp3) is 0.478. The Balaban J connectivity index is 1.20.